The summed E-state index contributed by atoms with van der Waals surface area (Å²) in [6.07, 6.45) is 1.64. The summed E-state index contributed by atoms with van der Waals surface area (Å²) in [7, 11) is 1.36. The summed E-state index contributed by atoms with van der Waals surface area (Å²) in [6.45, 7) is 7.33. The number of carbonyl (C=O) groups excluding carboxylic acids is 2. The van der Waals surface area contributed by atoms with Gasteiger partial charge in [0.05, 0.1) is 13.0 Å². The molecule has 0 radical (unpaired) electrons. The molecular weight excluding hydrogens is 208 g/mol. The molecule has 16 heavy (non-hydrogen) atoms. The highest BCUT2D eigenvalue weighted by atomic mass is 16.6. The Balaban J connectivity index is 3.84. The molecule has 0 saturated carbocycles. The molecule has 94 valence electrons. The zero-order chi connectivity index (χ0) is 12.8. The van der Waals surface area contributed by atoms with Crippen molar-refractivity contribution in [3.8, 4) is 0 Å². The lowest BCUT2D eigenvalue weighted by molar-refractivity contribution is -0.159. The first-order valence-electron chi connectivity index (χ1n) is 5.56. The summed E-state index contributed by atoms with van der Waals surface area (Å²) in [4.78, 5) is 22.4. The van der Waals surface area contributed by atoms with Crippen molar-refractivity contribution < 1.29 is 19.1 Å². The summed E-state index contributed by atoms with van der Waals surface area (Å²) in [6, 6.07) is 0. The van der Waals surface area contributed by atoms with Crippen molar-refractivity contribution in [3.05, 3.63) is 0 Å². The molecule has 0 heterocycles. The summed E-state index contributed by atoms with van der Waals surface area (Å²) in [5.74, 6) is -0.627. The van der Waals surface area contributed by atoms with Crippen molar-refractivity contribution in [2.75, 3.05) is 7.11 Å². The molecule has 0 N–H and O–H groups in total. The predicted molar refractivity (Wildman–Crippen MR) is 60.9 cm³/mol. The summed E-state index contributed by atoms with van der Waals surface area (Å²) in [5.41, 5.74) is -0.451. The highest BCUT2D eigenvalue weighted by Gasteiger charge is 2.21. The van der Waals surface area contributed by atoms with Crippen molar-refractivity contribution in [1.29, 1.82) is 0 Å². The summed E-state index contributed by atoms with van der Waals surface area (Å²) >= 11 is 0. The van der Waals surface area contributed by atoms with E-state index in [1.807, 2.05) is 27.7 Å². The second-order valence-electron chi connectivity index (χ2n) is 4.90. The van der Waals surface area contributed by atoms with E-state index in [1.165, 1.54) is 7.11 Å². The fourth-order valence-electron chi connectivity index (χ4n) is 1.17. The van der Waals surface area contributed by atoms with E-state index < -0.39 is 5.60 Å². The lowest BCUT2D eigenvalue weighted by atomic mass is 10.0. The Morgan fingerprint density at radius 1 is 1.25 bits per heavy atom. The van der Waals surface area contributed by atoms with Gasteiger partial charge in [0.15, 0.2) is 0 Å². The van der Waals surface area contributed by atoms with Crippen LogP contribution in [0.5, 0.6) is 0 Å². The molecule has 0 fully saturated rings. The van der Waals surface area contributed by atoms with E-state index in [4.69, 9.17) is 4.74 Å². The maximum Gasteiger partial charge on any atom is 0.309 e. The van der Waals surface area contributed by atoms with E-state index in [9.17, 15) is 9.59 Å². The van der Waals surface area contributed by atoms with Gasteiger partial charge in [-0.15, -0.1) is 0 Å². The molecule has 0 spiro atoms. The molecule has 1 atom stereocenters. The molecule has 0 aromatic rings. The van der Waals surface area contributed by atoms with Crippen LogP contribution in [0.2, 0.25) is 0 Å². The van der Waals surface area contributed by atoms with Gasteiger partial charge in [0, 0.05) is 6.42 Å². The Kier molecular flexibility index (Phi) is 6.08. The number of rotatable bonds is 5. The molecular formula is C12H22O4. The van der Waals surface area contributed by atoms with E-state index in [2.05, 4.69) is 4.74 Å². The Morgan fingerprint density at radius 2 is 1.81 bits per heavy atom. The Hall–Kier alpha value is -1.06. The molecule has 0 aliphatic heterocycles. The second-order valence-corrected chi connectivity index (χ2v) is 4.90. The average Bonchev–Trinajstić information content (AvgIpc) is 2.14. The molecule has 0 rings (SSSR count). The zero-order valence-corrected chi connectivity index (χ0v) is 10.8. The van der Waals surface area contributed by atoms with E-state index in [-0.39, 0.29) is 17.9 Å². The lowest BCUT2D eigenvalue weighted by Gasteiger charge is -2.22. The van der Waals surface area contributed by atoms with Crippen LogP contribution < -0.4 is 0 Å². The minimum atomic E-state index is -0.451. The number of methoxy groups -OCH3 is 1. The van der Waals surface area contributed by atoms with Gasteiger partial charge < -0.3 is 9.47 Å². The van der Waals surface area contributed by atoms with Gasteiger partial charge in [0.25, 0.3) is 0 Å². The predicted octanol–water partition coefficient (Wildman–Crippen LogP) is 2.31. The highest BCUT2D eigenvalue weighted by Crippen LogP contribution is 2.15. The third-order valence-electron chi connectivity index (χ3n) is 2.05. The van der Waals surface area contributed by atoms with Crippen LogP contribution in [0.15, 0.2) is 0 Å². The monoisotopic (exact) mass is 230 g/mol. The van der Waals surface area contributed by atoms with Crippen LogP contribution in [-0.2, 0) is 19.1 Å². The van der Waals surface area contributed by atoms with Crippen LogP contribution in [0, 0.1) is 5.92 Å². The van der Waals surface area contributed by atoms with Gasteiger partial charge in [-0.3, -0.25) is 9.59 Å². The minimum absolute atomic E-state index is 0.177. The fraction of sp³-hybridized carbons (Fsp3) is 0.833. The Morgan fingerprint density at radius 3 is 2.25 bits per heavy atom. The van der Waals surface area contributed by atoms with Crippen LogP contribution in [0.25, 0.3) is 0 Å². The summed E-state index contributed by atoms with van der Waals surface area (Å²) < 4.78 is 9.75. The standard InChI is InChI=1S/C12H22O4/c1-9(7-6-8-10(13)15-5)11(14)16-12(2,3)4/h9H,6-8H2,1-5H3/t9-/m0/s1. The van der Waals surface area contributed by atoms with Gasteiger partial charge in [-0.25, -0.2) is 0 Å². The van der Waals surface area contributed by atoms with E-state index >= 15 is 0 Å². The number of hydrogen-bond donors (Lipinski definition) is 0. The topological polar surface area (TPSA) is 52.6 Å². The fourth-order valence-corrected chi connectivity index (χ4v) is 1.17. The molecule has 0 bridgehead atoms. The van der Waals surface area contributed by atoms with Gasteiger partial charge in [-0.2, -0.15) is 0 Å². The third-order valence-corrected chi connectivity index (χ3v) is 2.05. The van der Waals surface area contributed by atoms with E-state index in [0.717, 1.165) is 0 Å². The van der Waals surface area contributed by atoms with Crippen LogP contribution in [0.1, 0.15) is 47.0 Å². The molecule has 0 aromatic carbocycles. The van der Waals surface area contributed by atoms with Gasteiger partial charge in [0.2, 0.25) is 0 Å². The molecule has 4 nitrogen and oxygen atoms in total. The molecule has 0 saturated heterocycles. The molecule has 0 unspecified atom stereocenters. The van der Waals surface area contributed by atoms with Crippen molar-refractivity contribution in [1.82, 2.24) is 0 Å². The van der Waals surface area contributed by atoms with Crippen LogP contribution >= 0.6 is 0 Å². The number of esters is 2. The Bertz CT molecular complexity index is 240. The first-order valence-corrected chi connectivity index (χ1v) is 5.56. The number of hydrogen-bond acceptors (Lipinski definition) is 4. The molecule has 0 aliphatic rings. The molecule has 4 heteroatoms. The third kappa shape index (κ3) is 7.26. The van der Waals surface area contributed by atoms with Crippen LogP contribution in [0.3, 0.4) is 0 Å². The van der Waals surface area contributed by atoms with Gasteiger partial charge >= 0.3 is 11.9 Å². The van der Waals surface area contributed by atoms with Crippen molar-refractivity contribution in [2.24, 2.45) is 5.92 Å². The molecule has 0 aromatic heterocycles. The van der Waals surface area contributed by atoms with Crippen molar-refractivity contribution >= 4 is 11.9 Å². The van der Waals surface area contributed by atoms with Crippen LogP contribution in [-0.4, -0.2) is 24.6 Å². The second kappa shape index (κ2) is 6.51. The minimum Gasteiger partial charge on any atom is -0.469 e. The molecule has 0 aliphatic carbocycles. The number of ether oxygens (including phenoxy) is 2. The number of carbonyl (C=O) groups is 2. The zero-order valence-electron chi connectivity index (χ0n) is 10.8. The highest BCUT2D eigenvalue weighted by molar-refractivity contribution is 5.72. The molecule has 0 amide bonds. The van der Waals surface area contributed by atoms with Crippen LogP contribution in [0.4, 0.5) is 0 Å². The lowest BCUT2D eigenvalue weighted by Crippen LogP contribution is -2.27. The normalized spacial score (nSPS) is 13.1. The van der Waals surface area contributed by atoms with Crippen molar-refractivity contribution in [2.45, 2.75) is 52.6 Å². The average molecular weight is 230 g/mol. The smallest absolute Gasteiger partial charge is 0.309 e. The first-order chi connectivity index (χ1) is 7.26. The van der Waals surface area contributed by atoms with E-state index in [0.29, 0.717) is 19.3 Å². The SMILES string of the molecule is COC(=O)CCC[C@H](C)C(=O)OC(C)(C)C. The van der Waals surface area contributed by atoms with E-state index in [1.54, 1.807) is 0 Å². The quantitative estimate of drug-likeness (QED) is 0.680. The first kappa shape index (κ1) is 14.9. The maximum absolute atomic E-state index is 11.6. The largest absolute Gasteiger partial charge is 0.469 e. The van der Waals surface area contributed by atoms with Gasteiger partial charge in [0.1, 0.15) is 5.60 Å². The Labute approximate surface area is 97.3 Å². The van der Waals surface area contributed by atoms with Gasteiger partial charge in [-0.05, 0) is 33.6 Å². The maximum atomic E-state index is 11.6. The van der Waals surface area contributed by atoms with Gasteiger partial charge in [-0.1, -0.05) is 6.92 Å². The van der Waals surface area contributed by atoms with Crippen molar-refractivity contribution in [3.63, 3.8) is 0 Å². The summed E-state index contributed by atoms with van der Waals surface area (Å²) in [5, 5.41) is 0.